The Morgan fingerprint density at radius 2 is 2.20 bits per heavy atom. The molecule has 1 aliphatic rings. The molecule has 0 aromatic carbocycles. The highest BCUT2D eigenvalue weighted by atomic mass is 35.5. The van der Waals surface area contributed by atoms with Gasteiger partial charge in [0.05, 0.1) is 0 Å². The average molecular weight is 246 g/mol. The first kappa shape index (κ1) is 12.0. The Balaban J connectivity index is 2.55. The minimum Gasteiger partial charge on any atom is -0.364 e. The molecule has 0 bridgehead atoms. The summed E-state index contributed by atoms with van der Waals surface area (Å²) in [7, 11) is 0. The van der Waals surface area contributed by atoms with E-state index in [1.807, 2.05) is 0 Å². The SMILES string of the molecule is CC1=CC(=NOC=CC(Cl)Cl)C=CC1=O. The van der Waals surface area contributed by atoms with E-state index in [-0.39, 0.29) is 5.78 Å². The molecule has 0 saturated heterocycles. The zero-order valence-corrected chi connectivity index (χ0v) is 9.50. The predicted octanol–water partition coefficient (Wildman–Crippen LogP) is 2.76. The Morgan fingerprint density at radius 3 is 2.80 bits per heavy atom. The summed E-state index contributed by atoms with van der Waals surface area (Å²) in [5, 5.41) is 3.74. The second kappa shape index (κ2) is 5.73. The second-order valence-electron chi connectivity index (χ2n) is 2.81. The van der Waals surface area contributed by atoms with Crippen molar-refractivity contribution in [3.63, 3.8) is 0 Å². The molecule has 0 spiro atoms. The first-order valence-corrected chi connectivity index (χ1v) is 5.06. The number of alkyl halides is 2. The van der Waals surface area contributed by atoms with Crippen LogP contribution >= 0.6 is 23.2 Å². The Bertz CT molecular complexity index is 368. The Labute approximate surface area is 97.7 Å². The van der Waals surface area contributed by atoms with Gasteiger partial charge in [0.25, 0.3) is 0 Å². The van der Waals surface area contributed by atoms with Gasteiger partial charge < -0.3 is 4.84 Å². The van der Waals surface area contributed by atoms with E-state index in [0.717, 1.165) is 0 Å². The van der Waals surface area contributed by atoms with E-state index in [2.05, 4.69) is 5.16 Å². The van der Waals surface area contributed by atoms with Crippen LogP contribution in [0.5, 0.6) is 0 Å². The maximum Gasteiger partial charge on any atom is 0.181 e. The first-order chi connectivity index (χ1) is 7.09. The normalized spacial score (nSPS) is 19.1. The number of carbonyl (C=O) groups excluding carboxylic acids is 1. The molecule has 5 heteroatoms. The maximum absolute atomic E-state index is 11.1. The van der Waals surface area contributed by atoms with Crippen LogP contribution in [0.2, 0.25) is 0 Å². The molecule has 0 amide bonds. The van der Waals surface area contributed by atoms with Gasteiger partial charge in [0.2, 0.25) is 0 Å². The number of ketones is 1. The third kappa shape index (κ3) is 4.32. The van der Waals surface area contributed by atoms with Crippen molar-refractivity contribution in [1.82, 2.24) is 0 Å². The fourth-order valence-corrected chi connectivity index (χ4v) is 0.995. The molecule has 0 heterocycles. The van der Waals surface area contributed by atoms with Crippen LogP contribution in [0.15, 0.2) is 41.3 Å². The standard InChI is InChI=1S/C10H9Cl2NO2/c1-7-6-8(2-3-9(7)14)13-15-5-4-10(11)12/h2-6,10H,1H3. The third-order valence-electron chi connectivity index (χ3n) is 1.60. The summed E-state index contributed by atoms with van der Waals surface area (Å²) in [6.45, 7) is 1.71. The minimum atomic E-state index is -0.619. The van der Waals surface area contributed by atoms with Crippen LogP contribution < -0.4 is 0 Å². The smallest absolute Gasteiger partial charge is 0.181 e. The summed E-state index contributed by atoms with van der Waals surface area (Å²) >= 11 is 10.8. The summed E-state index contributed by atoms with van der Waals surface area (Å²) < 4.78 is 0. The topological polar surface area (TPSA) is 38.7 Å². The largest absolute Gasteiger partial charge is 0.364 e. The number of allylic oxidation sites excluding steroid dienone is 5. The summed E-state index contributed by atoms with van der Waals surface area (Å²) in [6, 6.07) is 0. The molecule has 15 heavy (non-hydrogen) atoms. The van der Waals surface area contributed by atoms with Gasteiger partial charge in [0.15, 0.2) is 5.78 Å². The molecule has 0 aliphatic heterocycles. The quantitative estimate of drug-likeness (QED) is 0.332. The van der Waals surface area contributed by atoms with E-state index in [4.69, 9.17) is 28.0 Å². The van der Waals surface area contributed by atoms with E-state index in [0.29, 0.717) is 11.3 Å². The van der Waals surface area contributed by atoms with Gasteiger partial charge in [-0.1, -0.05) is 5.16 Å². The monoisotopic (exact) mass is 245 g/mol. The second-order valence-corrected chi connectivity index (χ2v) is 3.97. The van der Waals surface area contributed by atoms with Gasteiger partial charge in [-0.05, 0) is 36.8 Å². The van der Waals surface area contributed by atoms with E-state index in [1.165, 1.54) is 18.4 Å². The zero-order valence-electron chi connectivity index (χ0n) is 7.98. The van der Waals surface area contributed by atoms with Gasteiger partial charge in [-0.15, -0.1) is 23.2 Å². The van der Waals surface area contributed by atoms with Gasteiger partial charge in [0.1, 0.15) is 16.8 Å². The minimum absolute atomic E-state index is 0.0222. The Morgan fingerprint density at radius 1 is 1.47 bits per heavy atom. The summed E-state index contributed by atoms with van der Waals surface area (Å²) in [6.07, 6.45) is 7.36. The molecule has 0 saturated carbocycles. The molecule has 0 unspecified atom stereocenters. The first-order valence-electron chi connectivity index (χ1n) is 4.19. The van der Waals surface area contributed by atoms with Crippen LogP contribution in [0.1, 0.15) is 6.92 Å². The average Bonchev–Trinajstić information content (AvgIpc) is 2.18. The molecular weight excluding hydrogens is 237 g/mol. The van der Waals surface area contributed by atoms with Gasteiger partial charge in [-0.3, -0.25) is 4.79 Å². The lowest BCUT2D eigenvalue weighted by molar-refractivity contribution is -0.111. The van der Waals surface area contributed by atoms with Crippen molar-refractivity contribution in [3.05, 3.63) is 36.1 Å². The molecule has 0 atom stereocenters. The van der Waals surface area contributed by atoms with Gasteiger partial charge in [0, 0.05) is 0 Å². The number of carbonyl (C=O) groups is 1. The summed E-state index contributed by atoms with van der Waals surface area (Å²) in [5.74, 6) is -0.0222. The fourth-order valence-electron chi connectivity index (χ4n) is 0.876. The van der Waals surface area contributed by atoms with Crippen LogP contribution in [0, 0.1) is 0 Å². The molecule has 3 nitrogen and oxygen atoms in total. The van der Waals surface area contributed by atoms with Crippen molar-refractivity contribution in [1.29, 1.82) is 0 Å². The highest BCUT2D eigenvalue weighted by molar-refractivity contribution is 6.45. The van der Waals surface area contributed by atoms with Crippen LogP contribution in [-0.2, 0) is 9.63 Å². The number of hydrogen-bond donors (Lipinski definition) is 0. The fraction of sp³-hybridized carbons (Fsp3) is 0.200. The molecule has 0 fully saturated rings. The number of nitrogens with zero attached hydrogens (tertiary/aromatic N) is 1. The number of hydrogen-bond acceptors (Lipinski definition) is 3. The predicted molar refractivity (Wildman–Crippen MR) is 61.1 cm³/mol. The van der Waals surface area contributed by atoms with Crippen LogP contribution in [0.25, 0.3) is 0 Å². The van der Waals surface area contributed by atoms with Crippen LogP contribution in [0.3, 0.4) is 0 Å². The highest BCUT2D eigenvalue weighted by Crippen LogP contribution is 2.06. The van der Waals surface area contributed by atoms with Crippen molar-refractivity contribution < 1.29 is 9.63 Å². The van der Waals surface area contributed by atoms with E-state index >= 15 is 0 Å². The number of oxime groups is 1. The lowest BCUT2D eigenvalue weighted by Gasteiger charge is -2.01. The number of halogens is 2. The molecule has 80 valence electrons. The lowest BCUT2D eigenvalue weighted by atomic mass is 10.1. The molecule has 0 aromatic heterocycles. The van der Waals surface area contributed by atoms with Crippen molar-refractivity contribution >= 4 is 34.7 Å². The van der Waals surface area contributed by atoms with Gasteiger partial charge >= 0.3 is 0 Å². The van der Waals surface area contributed by atoms with Crippen molar-refractivity contribution in [2.24, 2.45) is 5.16 Å². The molecule has 1 rings (SSSR count). The summed E-state index contributed by atoms with van der Waals surface area (Å²) in [4.78, 5) is 15.2. The van der Waals surface area contributed by atoms with Crippen molar-refractivity contribution in [2.75, 3.05) is 0 Å². The van der Waals surface area contributed by atoms with E-state index < -0.39 is 4.84 Å². The molecule has 0 radical (unpaired) electrons. The maximum atomic E-state index is 11.1. The van der Waals surface area contributed by atoms with Crippen LogP contribution in [-0.4, -0.2) is 16.3 Å². The van der Waals surface area contributed by atoms with E-state index in [9.17, 15) is 4.79 Å². The lowest BCUT2D eigenvalue weighted by Crippen LogP contribution is -2.05. The van der Waals surface area contributed by atoms with Crippen molar-refractivity contribution in [2.45, 2.75) is 11.8 Å². The van der Waals surface area contributed by atoms with Crippen LogP contribution in [0.4, 0.5) is 0 Å². The van der Waals surface area contributed by atoms with Gasteiger partial charge in [-0.2, -0.15) is 0 Å². The van der Waals surface area contributed by atoms with E-state index in [1.54, 1.807) is 19.1 Å². The molecule has 0 aromatic rings. The Kier molecular flexibility index (Phi) is 4.59. The van der Waals surface area contributed by atoms with Gasteiger partial charge in [-0.25, -0.2) is 0 Å². The Hall–Kier alpha value is -1.06. The molecule has 1 aliphatic carbocycles. The number of rotatable bonds is 3. The third-order valence-corrected chi connectivity index (χ3v) is 1.89. The molecule has 0 N–H and O–H groups in total. The summed E-state index contributed by atoms with van der Waals surface area (Å²) in [5.41, 5.74) is 1.19. The highest BCUT2D eigenvalue weighted by Gasteiger charge is 2.06. The zero-order chi connectivity index (χ0) is 11.3. The van der Waals surface area contributed by atoms with Crippen molar-refractivity contribution in [3.8, 4) is 0 Å². The molecular formula is C10H9Cl2NO2.